The van der Waals surface area contributed by atoms with Gasteiger partial charge in [0.2, 0.25) is 0 Å². The Morgan fingerprint density at radius 2 is 1.89 bits per heavy atom. The van der Waals surface area contributed by atoms with Crippen LogP contribution in [0.5, 0.6) is 0 Å². The second-order valence-corrected chi connectivity index (χ2v) is 5.58. The fraction of sp³-hybridized carbons (Fsp3) is 0.688. The Morgan fingerprint density at radius 3 is 2.37 bits per heavy atom. The zero-order chi connectivity index (χ0) is 14.8. The molecule has 3 N–H and O–H groups in total. The molecule has 19 heavy (non-hydrogen) atoms. The van der Waals surface area contributed by atoms with Crippen molar-refractivity contribution < 1.29 is 9.90 Å². The molecule has 0 radical (unpaired) electrons. The average Bonchev–Trinajstić information content (AvgIpc) is 2.33. The van der Waals surface area contributed by atoms with Crippen molar-refractivity contribution in [1.82, 2.24) is 0 Å². The van der Waals surface area contributed by atoms with E-state index in [2.05, 4.69) is 32.9 Å². The number of carboxylic acids is 1. The maximum atomic E-state index is 10.6. The molecule has 2 atom stereocenters. The number of aliphatic carboxylic acids is 1. The number of nitrogens with two attached hydrogens (primary N) is 1. The first-order valence-electron chi connectivity index (χ1n) is 7.12. The highest BCUT2D eigenvalue weighted by atomic mass is 16.4. The molecule has 3 nitrogen and oxygen atoms in total. The van der Waals surface area contributed by atoms with Gasteiger partial charge in [0.05, 0.1) is 0 Å². The first kappa shape index (κ1) is 17.9. The van der Waals surface area contributed by atoms with E-state index in [1.54, 1.807) is 0 Å². The molecule has 0 aliphatic carbocycles. The molecule has 0 aliphatic heterocycles. The Morgan fingerprint density at radius 1 is 1.26 bits per heavy atom. The third-order valence-corrected chi connectivity index (χ3v) is 3.29. The molecular formula is C16H29NO2. The normalized spacial score (nSPS) is 16.3. The fourth-order valence-corrected chi connectivity index (χ4v) is 2.32. The van der Waals surface area contributed by atoms with Crippen molar-refractivity contribution in [2.75, 3.05) is 6.54 Å². The predicted molar refractivity (Wildman–Crippen MR) is 81.0 cm³/mol. The van der Waals surface area contributed by atoms with Crippen LogP contribution in [0.15, 0.2) is 23.3 Å². The molecule has 0 aromatic rings. The molecule has 0 amide bonds. The fourth-order valence-electron chi connectivity index (χ4n) is 2.32. The molecule has 0 heterocycles. The van der Waals surface area contributed by atoms with E-state index >= 15 is 0 Å². The Kier molecular flexibility index (Phi) is 9.23. The summed E-state index contributed by atoms with van der Waals surface area (Å²) in [7, 11) is 0. The largest absolute Gasteiger partial charge is 0.481 e. The van der Waals surface area contributed by atoms with Crippen molar-refractivity contribution in [3.63, 3.8) is 0 Å². The van der Waals surface area contributed by atoms with Crippen LogP contribution in [0.1, 0.15) is 53.4 Å². The van der Waals surface area contributed by atoms with Gasteiger partial charge in [0.1, 0.15) is 0 Å². The van der Waals surface area contributed by atoms with Crippen LogP contribution in [-0.4, -0.2) is 17.6 Å². The minimum Gasteiger partial charge on any atom is -0.481 e. The van der Waals surface area contributed by atoms with Crippen LogP contribution in [0.4, 0.5) is 0 Å². The van der Waals surface area contributed by atoms with Crippen molar-refractivity contribution in [3.8, 4) is 0 Å². The lowest BCUT2D eigenvalue weighted by atomic mass is 9.91. The van der Waals surface area contributed by atoms with Gasteiger partial charge in [-0.15, -0.1) is 0 Å². The van der Waals surface area contributed by atoms with Crippen molar-refractivity contribution >= 4 is 5.97 Å². The molecule has 0 bridgehead atoms. The van der Waals surface area contributed by atoms with E-state index in [0.29, 0.717) is 24.8 Å². The topological polar surface area (TPSA) is 63.3 Å². The summed E-state index contributed by atoms with van der Waals surface area (Å²) in [4.78, 5) is 10.6. The highest BCUT2D eigenvalue weighted by Crippen LogP contribution is 2.22. The van der Waals surface area contributed by atoms with Crippen LogP contribution in [-0.2, 0) is 4.79 Å². The van der Waals surface area contributed by atoms with Crippen LogP contribution in [0.2, 0.25) is 0 Å². The molecule has 0 rings (SSSR count). The predicted octanol–water partition coefficient (Wildman–Crippen LogP) is 3.75. The van der Waals surface area contributed by atoms with Gasteiger partial charge < -0.3 is 10.8 Å². The van der Waals surface area contributed by atoms with Crippen molar-refractivity contribution in [3.05, 3.63) is 23.3 Å². The minimum atomic E-state index is -0.722. The van der Waals surface area contributed by atoms with Gasteiger partial charge in [-0.1, -0.05) is 37.1 Å². The third-order valence-electron chi connectivity index (χ3n) is 3.29. The standard InChI is InChI=1S/C16H29NO2/c1-5-15(6-7-16(18)19)10-13(3)8-12(2)9-14(4)11-17/h5,9,13-14H,6-8,10-11,17H2,1-4H3,(H,18,19). The van der Waals surface area contributed by atoms with Gasteiger partial charge >= 0.3 is 5.97 Å². The molecule has 3 heteroatoms. The van der Waals surface area contributed by atoms with E-state index in [1.807, 2.05) is 6.92 Å². The zero-order valence-corrected chi connectivity index (χ0v) is 12.8. The lowest BCUT2D eigenvalue weighted by Crippen LogP contribution is -2.09. The molecule has 0 saturated carbocycles. The number of allylic oxidation sites excluding steroid dienone is 3. The summed E-state index contributed by atoms with van der Waals surface area (Å²) in [5.74, 6) is 0.251. The van der Waals surface area contributed by atoms with E-state index in [1.165, 1.54) is 11.1 Å². The van der Waals surface area contributed by atoms with Gasteiger partial charge in [-0.25, -0.2) is 0 Å². The summed E-state index contributed by atoms with van der Waals surface area (Å²) in [5.41, 5.74) is 8.23. The quantitative estimate of drug-likeness (QED) is 0.625. The van der Waals surface area contributed by atoms with Crippen molar-refractivity contribution in [2.24, 2.45) is 17.6 Å². The van der Waals surface area contributed by atoms with E-state index in [-0.39, 0.29) is 6.42 Å². The molecule has 0 aliphatic rings. The summed E-state index contributed by atoms with van der Waals surface area (Å²) < 4.78 is 0. The molecule has 0 fully saturated rings. The lowest BCUT2D eigenvalue weighted by molar-refractivity contribution is -0.136. The molecule has 0 spiro atoms. The number of rotatable bonds is 9. The highest BCUT2D eigenvalue weighted by molar-refractivity contribution is 5.67. The summed E-state index contributed by atoms with van der Waals surface area (Å²) >= 11 is 0. The summed E-state index contributed by atoms with van der Waals surface area (Å²) in [5, 5.41) is 8.72. The van der Waals surface area contributed by atoms with Crippen molar-refractivity contribution in [1.29, 1.82) is 0 Å². The van der Waals surface area contributed by atoms with Gasteiger partial charge in [0, 0.05) is 6.42 Å². The van der Waals surface area contributed by atoms with Gasteiger partial charge in [-0.05, 0) is 51.5 Å². The van der Waals surface area contributed by atoms with Gasteiger partial charge in [-0.2, -0.15) is 0 Å². The Bertz CT molecular complexity index is 332. The van der Waals surface area contributed by atoms with Crippen LogP contribution >= 0.6 is 0 Å². The number of hydrogen-bond acceptors (Lipinski definition) is 2. The van der Waals surface area contributed by atoms with Crippen LogP contribution in [0.25, 0.3) is 0 Å². The lowest BCUT2D eigenvalue weighted by Gasteiger charge is -2.15. The van der Waals surface area contributed by atoms with Gasteiger partial charge in [-0.3, -0.25) is 4.79 Å². The molecule has 0 aromatic heterocycles. The first-order valence-corrected chi connectivity index (χ1v) is 7.12. The van der Waals surface area contributed by atoms with Gasteiger partial charge in [0.15, 0.2) is 0 Å². The monoisotopic (exact) mass is 267 g/mol. The smallest absolute Gasteiger partial charge is 0.303 e. The Hall–Kier alpha value is -1.09. The van der Waals surface area contributed by atoms with E-state index < -0.39 is 5.97 Å². The Balaban J connectivity index is 4.24. The number of carbonyl (C=O) groups is 1. The maximum Gasteiger partial charge on any atom is 0.303 e. The molecule has 2 unspecified atom stereocenters. The second kappa shape index (κ2) is 9.79. The SMILES string of the molecule is CC=C(CCC(=O)O)CC(C)CC(C)=CC(C)CN. The number of carboxylic acid groups (broad SMARTS) is 1. The average molecular weight is 267 g/mol. The van der Waals surface area contributed by atoms with Crippen LogP contribution in [0, 0.1) is 11.8 Å². The Labute approximate surface area is 117 Å². The van der Waals surface area contributed by atoms with Crippen LogP contribution in [0.3, 0.4) is 0 Å². The minimum absolute atomic E-state index is 0.228. The summed E-state index contributed by atoms with van der Waals surface area (Å²) in [6.07, 6.45) is 7.22. The van der Waals surface area contributed by atoms with E-state index in [4.69, 9.17) is 10.8 Å². The molecule has 0 saturated heterocycles. The van der Waals surface area contributed by atoms with Crippen LogP contribution < -0.4 is 5.73 Å². The molecule has 110 valence electrons. The summed E-state index contributed by atoms with van der Waals surface area (Å²) in [6, 6.07) is 0. The molecular weight excluding hydrogens is 238 g/mol. The highest BCUT2D eigenvalue weighted by Gasteiger charge is 2.08. The summed E-state index contributed by atoms with van der Waals surface area (Å²) in [6.45, 7) is 9.16. The van der Waals surface area contributed by atoms with Gasteiger partial charge in [0.25, 0.3) is 0 Å². The first-order chi connectivity index (χ1) is 8.88. The number of hydrogen-bond donors (Lipinski definition) is 2. The molecule has 0 aromatic carbocycles. The zero-order valence-electron chi connectivity index (χ0n) is 12.8. The second-order valence-electron chi connectivity index (χ2n) is 5.58. The van der Waals surface area contributed by atoms with E-state index in [9.17, 15) is 4.79 Å². The van der Waals surface area contributed by atoms with Crippen molar-refractivity contribution in [2.45, 2.75) is 53.4 Å². The third kappa shape index (κ3) is 9.48. The maximum absolute atomic E-state index is 10.6. The van der Waals surface area contributed by atoms with E-state index in [0.717, 1.165) is 12.8 Å².